The number of aromatic nitrogens is 2. The third-order valence-corrected chi connectivity index (χ3v) is 6.36. The lowest BCUT2D eigenvalue weighted by Crippen LogP contribution is -2.29. The van der Waals surface area contributed by atoms with E-state index in [0.717, 1.165) is 32.0 Å². The van der Waals surface area contributed by atoms with Crippen molar-refractivity contribution < 1.29 is 8.42 Å². The molecule has 132 valence electrons. The van der Waals surface area contributed by atoms with Crippen LogP contribution in [0.3, 0.4) is 0 Å². The Kier molecular flexibility index (Phi) is 5.03. The predicted molar refractivity (Wildman–Crippen MR) is 102 cm³/mol. The molecule has 0 amide bonds. The molecule has 0 aliphatic rings. The highest BCUT2D eigenvalue weighted by Crippen LogP contribution is 2.27. The fourth-order valence-corrected chi connectivity index (χ4v) is 4.76. The minimum absolute atomic E-state index is 0.268. The minimum atomic E-state index is -3.53. The Hall–Kier alpha value is -2.03. The van der Waals surface area contributed by atoms with Crippen molar-refractivity contribution in [3.63, 3.8) is 0 Å². The molecule has 8 heteroatoms. The van der Waals surface area contributed by atoms with Gasteiger partial charge in [-0.3, -0.25) is 0 Å². The summed E-state index contributed by atoms with van der Waals surface area (Å²) in [6.07, 6.45) is 1.51. The molecule has 3 aromatic rings. The summed E-state index contributed by atoms with van der Waals surface area (Å²) in [5, 5.41) is 4.14. The highest BCUT2D eigenvalue weighted by atomic mass is 32.2. The minimum Gasteiger partial charge on any atom is -0.368 e. The largest absolute Gasteiger partial charge is 0.368 e. The number of fused-ring (bicyclic) bond motifs is 1. The van der Waals surface area contributed by atoms with Gasteiger partial charge in [0.15, 0.2) is 0 Å². The van der Waals surface area contributed by atoms with Gasteiger partial charge in [-0.1, -0.05) is 12.1 Å². The van der Waals surface area contributed by atoms with Crippen LogP contribution in [0.1, 0.15) is 16.0 Å². The molecule has 3 rings (SSSR count). The lowest BCUT2D eigenvalue weighted by atomic mass is 10.2. The fraction of sp³-hybridized carbons (Fsp3) is 0.294. The van der Waals surface area contributed by atoms with Crippen LogP contribution in [0.25, 0.3) is 10.2 Å². The van der Waals surface area contributed by atoms with Crippen LogP contribution in [0.4, 0.5) is 5.82 Å². The van der Waals surface area contributed by atoms with E-state index in [1.807, 2.05) is 32.0 Å². The van der Waals surface area contributed by atoms with Crippen molar-refractivity contribution >= 4 is 37.4 Å². The highest BCUT2D eigenvalue weighted by Gasteiger charge is 2.16. The second kappa shape index (κ2) is 7.07. The highest BCUT2D eigenvalue weighted by molar-refractivity contribution is 7.89. The number of aryl methyl sites for hydroxylation is 3. The average molecular weight is 377 g/mol. The van der Waals surface area contributed by atoms with Crippen molar-refractivity contribution in [2.75, 3.05) is 18.4 Å². The van der Waals surface area contributed by atoms with E-state index >= 15 is 0 Å². The standard InChI is InChI=1S/C17H20N4O2S2/c1-11-4-5-12(2)15(8-11)25(22,23)21-7-6-18-16-14-9-13(3)24-17(14)20-10-19-16/h4-5,8-10,21H,6-7H2,1-3H3,(H,18,19,20). The lowest BCUT2D eigenvalue weighted by molar-refractivity contribution is 0.582. The molecule has 25 heavy (non-hydrogen) atoms. The number of nitrogens with one attached hydrogen (secondary N) is 2. The van der Waals surface area contributed by atoms with Crippen molar-refractivity contribution in [2.24, 2.45) is 0 Å². The van der Waals surface area contributed by atoms with E-state index in [9.17, 15) is 8.42 Å². The van der Waals surface area contributed by atoms with Crippen LogP contribution in [0.15, 0.2) is 35.5 Å². The van der Waals surface area contributed by atoms with Crippen LogP contribution >= 0.6 is 11.3 Å². The Morgan fingerprint density at radius 1 is 1.08 bits per heavy atom. The van der Waals surface area contributed by atoms with Gasteiger partial charge in [-0.25, -0.2) is 23.1 Å². The molecule has 0 saturated carbocycles. The van der Waals surface area contributed by atoms with Gasteiger partial charge in [0.05, 0.1) is 10.3 Å². The number of thiophene rings is 1. The second-order valence-corrected chi connectivity index (χ2v) is 8.86. The summed E-state index contributed by atoms with van der Waals surface area (Å²) in [6.45, 7) is 6.40. The fourth-order valence-electron chi connectivity index (χ4n) is 2.56. The first-order chi connectivity index (χ1) is 11.9. The zero-order chi connectivity index (χ0) is 18.0. The molecule has 0 spiro atoms. The van der Waals surface area contributed by atoms with Gasteiger partial charge in [-0.05, 0) is 44.0 Å². The molecule has 1 aromatic carbocycles. The van der Waals surface area contributed by atoms with E-state index in [4.69, 9.17) is 0 Å². The first-order valence-corrected chi connectivity index (χ1v) is 10.2. The smallest absolute Gasteiger partial charge is 0.240 e. The molecule has 2 N–H and O–H groups in total. The molecule has 0 atom stereocenters. The predicted octanol–water partition coefficient (Wildman–Crippen LogP) is 3.01. The number of hydrogen-bond donors (Lipinski definition) is 2. The summed E-state index contributed by atoms with van der Waals surface area (Å²) in [7, 11) is -3.53. The number of rotatable bonds is 6. The Bertz CT molecular complexity index is 1010. The number of hydrogen-bond acceptors (Lipinski definition) is 6. The maximum absolute atomic E-state index is 12.5. The summed E-state index contributed by atoms with van der Waals surface area (Å²) in [6, 6.07) is 7.44. The van der Waals surface area contributed by atoms with E-state index in [2.05, 4.69) is 20.0 Å². The third kappa shape index (κ3) is 3.97. The molecule has 0 bridgehead atoms. The molecule has 0 aliphatic carbocycles. The third-order valence-electron chi connectivity index (χ3n) is 3.80. The quantitative estimate of drug-likeness (QED) is 0.646. The summed E-state index contributed by atoms with van der Waals surface area (Å²) in [4.78, 5) is 10.9. The van der Waals surface area contributed by atoms with Crippen LogP contribution in [0, 0.1) is 20.8 Å². The molecule has 2 aromatic heterocycles. The Morgan fingerprint density at radius 2 is 1.88 bits per heavy atom. The SMILES string of the molecule is Cc1ccc(C)c(S(=O)(=O)NCCNc2ncnc3sc(C)cc23)c1. The van der Waals surface area contributed by atoms with Crippen LogP contribution in [-0.2, 0) is 10.0 Å². The van der Waals surface area contributed by atoms with E-state index in [1.54, 1.807) is 24.3 Å². The molecular weight excluding hydrogens is 356 g/mol. The molecular formula is C17H20N4O2S2. The van der Waals surface area contributed by atoms with Gasteiger partial charge in [0, 0.05) is 18.0 Å². The van der Waals surface area contributed by atoms with Gasteiger partial charge in [0.1, 0.15) is 17.0 Å². The van der Waals surface area contributed by atoms with E-state index in [-0.39, 0.29) is 6.54 Å². The van der Waals surface area contributed by atoms with Crippen LogP contribution < -0.4 is 10.0 Å². The topological polar surface area (TPSA) is 84.0 Å². The number of anilines is 1. The van der Waals surface area contributed by atoms with Gasteiger partial charge in [-0.15, -0.1) is 11.3 Å². The maximum Gasteiger partial charge on any atom is 0.240 e. The van der Waals surface area contributed by atoms with E-state index in [0.29, 0.717) is 11.4 Å². The van der Waals surface area contributed by atoms with Crippen LogP contribution in [0.2, 0.25) is 0 Å². The molecule has 0 unspecified atom stereocenters. The molecule has 2 heterocycles. The normalized spacial score (nSPS) is 11.8. The Labute approximate surface area is 151 Å². The van der Waals surface area contributed by atoms with E-state index in [1.165, 1.54) is 6.33 Å². The molecule has 6 nitrogen and oxygen atoms in total. The zero-order valence-corrected chi connectivity index (χ0v) is 16.0. The Balaban J connectivity index is 1.65. The number of benzene rings is 1. The van der Waals surface area contributed by atoms with Gasteiger partial charge in [-0.2, -0.15) is 0 Å². The zero-order valence-electron chi connectivity index (χ0n) is 14.3. The van der Waals surface area contributed by atoms with Crippen LogP contribution in [0.5, 0.6) is 0 Å². The first kappa shape index (κ1) is 17.8. The monoisotopic (exact) mass is 376 g/mol. The maximum atomic E-state index is 12.5. The van der Waals surface area contributed by atoms with Gasteiger partial charge in [0.25, 0.3) is 0 Å². The van der Waals surface area contributed by atoms with Gasteiger partial charge < -0.3 is 5.32 Å². The Morgan fingerprint density at radius 3 is 2.68 bits per heavy atom. The number of sulfonamides is 1. The summed E-state index contributed by atoms with van der Waals surface area (Å²) < 4.78 is 27.6. The summed E-state index contributed by atoms with van der Waals surface area (Å²) >= 11 is 1.61. The molecule has 0 radical (unpaired) electrons. The number of nitrogens with zero attached hydrogens (tertiary/aromatic N) is 2. The molecule has 0 fully saturated rings. The molecule has 0 aliphatic heterocycles. The first-order valence-electron chi connectivity index (χ1n) is 7.89. The lowest BCUT2D eigenvalue weighted by Gasteiger charge is -2.11. The van der Waals surface area contributed by atoms with E-state index < -0.39 is 10.0 Å². The average Bonchev–Trinajstić information content (AvgIpc) is 2.94. The van der Waals surface area contributed by atoms with Gasteiger partial charge >= 0.3 is 0 Å². The molecule has 0 saturated heterocycles. The van der Waals surface area contributed by atoms with Crippen molar-refractivity contribution in [3.8, 4) is 0 Å². The second-order valence-electron chi connectivity index (χ2n) is 5.89. The summed E-state index contributed by atoms with van der Waals surface area (Å²) in [5.41, 5.74) is 1.65. The van der Waals surface area contributed by atoms with Crippen molar-refractivity contribution in [3.05, 3.63) is 46.6 Å². The van der Waals surface area contributed by atoms with Crippen molar-refractivity contribution in [2.45, 2.75) is 25.7 Å². The van der Waals surface area contributed by atoms with Crippen molar-refractivity contribution in [1.29, 1.82) is 0 Å². The van der Waals surface area contributed by atoms with Crippen LogP contribution in [-0.4, -0.2) is 31.5 Å². The summed E-state index contributed by atoms with van der Waals surface area (Å²) in [5.74, 6) is 0.722. The van der Waals surface area contributed by atoms with Gasteiger partial charge in [0.2, 0.25) is 10.0 Å². The van der Waals surface area contributed by atoms with Crippen molar-refractivity contribution in [1.82, 2.24) is 14.7 Å².